The molecule has 1 fully saturated rings. The molecule has 1 saturated carbocycles. The molecule has 0 bridgehead atoms. The fourth-order valence-corrected chi connectivity index (χ4v) is 2.45. The van der Waals surface area contributed by atoms with Gasteiger partial charge in [-0.15, -0.1) is 0 Å². The fraction of sp³-hybridized carbons (Fsp3) is 0.438. The van der Waals surface area contributed by atoms with Crippen molar-refractivity contribution in [3.8, 4) is 5.69 Å². The second-order valence-electron chi connectivity index (χ2n) is 5.98. The Morgan fingerprint density at radius 2 is 2.00 bits per heavy atom. The molecule has 100 valence electrons. The van der Waals surface area contributed by atoms with Crippen LogP contribution in [-0.2, 0) is 6.54 Å². The van der Waals surface area contributed by atoms with Gasteiger partial charge in [-0.1, -0.05) is 18.2 Å². The minimum atomic E-state index is 0.245. The summed E-state index contributed by atoms with van der Waals surface area (Å²) in [5, 5.41) is 8.07. The SMILES string of the molecule is CC(C)(NCc1cnn(-c2ccccc2)c1)C1CC1. The van der Waals surface area contributed by atoms with E-state index in [0.29, 0.717) is 0 Å². The molecule has 0 aliphatic heterocycles. The van der Waals surface area contributed by atoms with E-state index in [4.69, 9.17) is 0 Å². The normalized spacial score (nSPS) is 15.7. The number of hydrogen-bond donors (Lipinski definition) is 1. The number of rotatable bonds is 5. The van der Waals surface area contributed by atoms with Gasteiger partial charge in [-0.25, -0.2) is 4.68 Å². The summed E-state index contributed by atoms with van der Waals surface area (Å²) in [5.41, 5.74) is 2.59. The van der Waals surface area contributed by atoms with E-state index in [-0.39, 0.29) is 5.54 Å². The van der Waals surface area contributed by atoms with Crippen LogP contribution in [0.5, 0.6) is 0 Å². The van der Waals surface area contributed by atoms with Crippen LogP contribution in [0.1, 0.15) is 32.3 Å². The Bertz CT molecular complexity index is 538. The molecule has 1 aromatic carbocycles. The van der Waals surface area contributed by atoms with Crippen molar-refractivity contribution in [2.75, 3.05) is 0 Å². The second kappa shape index (κ2) is 4.82. The van der Waals surface area contributed by atoms with Gasteiger partial charge in [-0.3, -0.25) is 0 Å². The first-order valence-electron chi connectivity index (χ1n) is 6.99. The number of para-hydroxylation sites is 1. The molecule has 0 spiro atoms. The Kier molecular flexibility index (Phi) is 3.15. The summed E-state index contributed by atoms with van der Waals surface area (Å²) in [7, 11) is 0. The van der Waals surface area contributed by atoms with Crippen molar-refractivity contribution in [2.45, 2.75) is 38.8 Å². The third kappa shape index (κ3) is 2.87. The molecular formula is C16H21N3. The van der Waals surface area contributed by atoms with Crippen LogP contribution in [0.2, 0.25) is 0 Å². The Hall–Kier alpha value is -1.61. The van der Waals surface area contributed by atoms with Gasteiger partial charge in [-0.2, -0.15) is 5.10 Å². The van der Waals surface area contributed by atoms with Crippen LogP contribution in [0.4, 0.5) is 0 Å². The minimum Gasteiger partial charge on any atom is -0.307 e. The monoisotopic (exact) mass is 255 g/mol. The van der Waals surface area contributed by atoms with Gasteiger partial charge in [0.25, 0.3) is 0 Å². The van der Waals surface area contributed by atoms with Crippen molar-refractivity contribution in [1.82, 2.24) is 15.1 Å². The highest BCUT2D eigenvalue weighted by Crippen LogP contribution is 2.39. The molecule has 1 aliphatic carbocycles. The van der Waals surface area contributed by atoms with Crippen LogP contribution in [0.3, 0.4) is 0 Å². The van der Waals surface area contributed by atoms with E-state index < -0.39 is 0 Å². The van der Waals surface area contributed by atoms with Gasteiger partial charge < -0.3 is 5.32 Å². The van der Waals surface area contributed by atoms with Gasteiger partial charge in [0.15, 0.2) is 0 Å². The van der Waals surface area contributed by atoms with Gasteiger partial charge in [-0.05, 0) is 44.7 Å². The summed E-state index contributed by atoms with van der Waals surface area (Å²) in [6.07, 6.45) is 6.78. The molecule has 19 heavy (non-hydrogen) atoms. The Morgan fingerprint density at radius 3 is 2.68 bits per heavy atom. The van der Waals surface area contributed by atoms with Crippen LogP contribution in [-0.4, -0.2) is 15.3 Å². The van der Waals surface area contributed by atoms with Crippen LogP contribution in [0, 0.1) is 5.92 Å². The minimum absolute atomic E-state index is 0.245. The molecule has 3 rings (SSSR count). The van der Waals surface area contributed by atoms with Gasteiger partial charge in [0.05, 0.1) is 11.9 Å². The first-order chi connectivity index (χ1) is 9.15. The largest absolute Gasteiger partial charge is 0.307 e. The lowest BCUT2D eigenvalue weighted by Gasteiger charge is -2.25. The number of benzene rings is 1. The molecule has 3 heteroatoms. The highest BCUT2D eigenvalue weighted by atomic mass is 15.3. The van der Waals surface area contributed by atoms with Crippen molar-refractivity contribution >= 4 is 0 Å². The van der Waals surface area contributed by atoms with Crippen molar-refractivity contribution in [1.29, 1.82) is 0 Å². The smallest absolute Gasteiger partial charge is 0.0645 e. The molecule has 0 radical (unpaired) electrons. The Balaban J connectivity index is 1.65. The van der Waals surface area contributed by atoms with Crippen molar-refractivity contribution in [2.24, 2.45) is 5.92 Å². The molecular weight excluding hydrogens is 234 g/mol. The predicted molar refractivity (Wildman–Crippen MR) is 77.2 cm³/mol. The maximum absolute atomic E-state index is 4.42. The van der Waals surface area contributed by atoms with E-state index in [1.165, 1.54) is 18.4 Å². The molecule has 0 atom stereocenters. The molecule has 0 amide bonds. The molecule has 1 heterocycles. The van der Waals surface area contributed by atoms with Crippen LogP contribution in [0.25, 0.3) is 5.69 Å². The number of aromatic nitrogens is 2. The van der Waals surface area contributed by atoms with E-state index in [0.717, 1.165) is 18.2 Å². The van der Waals surface area contributed by atoms with Crippen LogP contribution in [0.15, 0.2) is 42.7 Å². The van der Waals surface area contributed by atoms with Crippen LogP contribution >= 0.6 is 0 Å². The predicted octanol–water partition coefficient (Wildman–Crippen LogP) is 3.15. The fourth-order valence-electron chi connectivity index (χ4n) is 2.45. The van der Waals surface area contributed by atoms with Gasteiger partial charge in [0, 0.05) is 23.8 Å². The highest BCUT2D eigenvalue weighted by Gasteiger charge is 2.37. The first-order valence-corrected chi connectivity index (χ1v) is 6.99. The standard InChI is InChI=1S/C16H21N3/c1-16(2,14-8-9-14)17-10-13-11-18-19(12-13)15-6-4-3-5-7-15/h3-7,11-12,14,17H,8-10H2,1-2H3. The topological polar surface area (TPSA) is 29.9 Å². The van der Waals surface area contributed by atoms with E-state index in [2.05, 4.69) is 42.6 Å². The summed E-state index contributed by atoms with van der Waals surface area (Å²) in [6.45, 7) is 5.48. The number of nitrogens with zero attached hydrogens (tertiary/aromatic N) is 2. The molecule has 1 aromatic heterocycles. The average Bonchev–Trinajstić information content (AvgIpc) is 3.18. The zero-order chi connectivity index (χ0) is 13.3. The quantitative estimate of drug-likeness (QED) is 0.889. The molecule has 1 aliphatic rings. The second-order valence-corrected chi connectivity index (χ2v) is 5.98. The maximum atomic E-state index is 4.42. The number of nitrogens with one attached hydrogen (secondary N) is 1. The third-order valence-electron chi connectivity index (χ3n) is 4.00. The zero-order valence-corrected chi connectivity index (χ0v) is 11.6. The van der Waals surface area contributed by atoms with E-state index in [9.17, 15) is 0 Å². The Labute approximate surface area is 114 Å². The van der Waals surface area contributed by atoms with Gasteiger partial charge in [0.2, 0.25) is 0 Å². The first kappa shape index (κ1) is 12.4. The third-order valence-corrected chi connectivity index (χ3v) is 4.00. The molecule has 2 aromatic rings. The Morgan fingerprint density at radius 1 is 1.26 bits per heavy atom. The summed E-state index contributed by atoms with van der Waals surface area (Å²) in [5.74, 6) is 0.844. The van der Waals surface area contributed by atoms with Crippen LogP contribution < -0.4 is 5.32 Å². The summed E-state index contributed by atoms with van der Waals surface area (Å²) in [6, 6.07) is 10.2. The lowest BCUT2D eigenvalue weighted by molar-refractivity contribution is 0.339. The molecule has 3 nitrogen and oxygen atoms in total. The zero-order valence-electron chi connectivity index (χ0n) is 11.6. The molecule has 0 saturated heterocycles. The summed E-state index contributed by atoms with van der Waals surface area (Å²) >= 11 is 0. The lowest BCUT2D eigenvalue weighted by atomic mass is 9.98. The van der Waals surface area contributed by atoms with Gasteiger partial charge in [0.1, 0.15) is 0 Å². The average molecular weight is 255 g/mol. The van der Waals surface area contributed by atoms with Gasteiger partial charge >= 0.3 is 0 Å². The molecule has 0 unspecified atom stereocenters. The summed E-state index contributed by atoms with van der Waals surface area (Å²) in [4.78, 5) is 0. The van der Waals surface area contributed by atoms with Crippen molar-refractivity contribution in [3.63, 3.8) is 0 Å². The summed E-state index contributed by atoms with van der Waals surface area (Å²) < 4.78 is 1.93. The van der Waals surface area contributed by atoms with E-state index >= 15 is 0 Å². The number of hydrogen-bond acceptors (Lipinski definition) is 2. The van der Waals surface area contributed by atoms with E-state index in [1.807, 2.05) is 29.1 Å². The highest BCUT2D eigenvalue weighted by molar-refractivity contribution is 5.30. The van der Waals surface area contributed by atoms with E-state index in [1.54, 1.807) is 0 Å². The maximum Gasteiger partial charge on any atom is 0.0645 e. The van der Waals surface area contributed by atoms with Crippen molar-refractivity contribution in [3.05, 3.63) is 48.3 Å². The lowest BCUT2D eigenvalue weighted by Crippen LogP contribution is -2.40. The molecule has 1 N–H and O–H groups in total. The van der Waals surface area contributed by atoms with Crippen molar-refractivity contribution < 1.29 is 0 Å².